The molecule has 0 spiro atoms. The topological polar surface area (TPSA) is 16.1 Å². The summed E-state index contributed by atoms with van der Waals surface area (Å²) in [7, 11) is 0. The van der Waals surface area contributed by atoms with Gasteiger partial charge in [0.15, 0.2) is 5.13 Å². The number of thiazole rings is 1. The van der Waals surface area contributed by atoms with Crippen LogP contribution in [0.4, 0.5) is 5.13 Å². The summed E-state index contributed by atoms with van der Waals surface area (Å²) in [5, 5.41) is 1.17. The minimum absolute atomic E-state index is 0.586. The van der Waals surface area contributed by atoms with Crippen molar-refractivity contribution < 1.29 is 0 Å². The average Bonchev–Trinajstić information content (AvgIpc) is 2.76. The summed E-state index contributed by atoms with van der Waals surface area (Å²) in [4.78, 5) is 7.71. The van der Waals surface area contributed by atoms with Gasteiger partial charge in [0.25, 0.3) is 0 Å². The van der Waals surface area contributed by atoms with Gasteiger partial charge in [0.2, 0.25) is 0 Å². The zero-order chi connectivity index (χ0) is 11.8. The monoisotopic (exact) mass is 310 g/mol. The van der Waals surface area contributed by atoms with Gasteiger partial charge in [0.05, 0.1) is 10.2 Å². The number of rotatable bonds is 1. The highest BCUT2D eigenvalue weighted by molar-refractivity contribution is 9.09. The molecule has 1 fully saturated rings. The number of anilines is 1. The van der Waals surface area contributed by atoms with Crippen LogP contribution in [0.3, 0.4) is 0 Å². The number of fused-ring (bicyclic) bond motifs is 1. The van der Waals surface area contributed by atoms with Gasteiger partial charge in [-0.05, 0) is 24.5 Å². The van der Waals surface area contributed by atoms with E-state index in [4.69, 9.17) is 4.98 Å². The van der Waals surface area contributed by atoms with Crippen LogP contribution in [0.25, 0.3) is 10.2 Å². The van der Waals surface area contributed by atoms with Gasteiger partial charge in [-0.25, -0.2) is 4.98 Å². The molecule has 90 valence electrons. The Morgan fingerprint density at radius 3 is 3.00 bits per heavy atom. The lowest BCUT2D eigenvalue weighted by Crippen LogP contribution is -2.40. The molecule has 1 aliphatic rings. The fourth-order valence-electron chi connectivity index (χ4n) is 2.19. The van der Waals surface area contributed by atoms with Crippen molar-refractivity contribution in [1.29, 1.82) is 0 Å². The summed E-state index contributed by atoms with van der Waals surface area (Å²) in [6, 6.07) is 8.37. The van der Waals surface area contributed by atoms with Gasteiger partial charge in [-0.15, -0.1) is 0 Å². The van der Waals surface area contributed by atoms with Gasteiger partial charge >= 0.3 is 0 Å². The molecule has 0 saturated carbocycles. The highest BCUT2D eigenvalue weighted by atomic mass is 79.9. The third-order valence-electron chi connectivity index (χ3n) is 3.42. The summed E-state index contributed by atoms with van der Waals surface area (Å²) in [5.41, 5.74) is 1.12. The number of para-hydroxylation sites is 1. The molecule has 2 heterocycles. The van der Waals surface area contributed by atoms with E-state index in [2.05, 4.69) is 52.0 Å². The number of nitrogens with zero attached hydrogens (tertiary/aromatic N) is 2. The van der Waals surface area contributed by atoms with Gasteiger partial charge in [0.1, 0.15) is 0 Å². The smallest absolute Gasteiger partial charge is 0.186 e. The van der Waals surface area contributed by atoms with Crippen LogP contribution in [-0.2, 0) is 0 Å². The number of piperidine rings is 1. The zero-order valence-corrected chi connectivity index (χ0v) is 12.2. The van der Waals surface area contributed by atoms with Crippen LogP contribution < -0.4 is 4.90 Å². The summed E-state index contributed by atoms with van der Waals surface area (Å²) in [5.74, 6) is 0.764. The average molecular weight is 311 g/mol. The third-order valence-corrected chi connectivity index (χ3v) is 5.71. The maximum absolute atomic E-state index is 4.72. The lowest BCUT2D eigenvalue weighted by atomic mass is 10.00. The standard InChI is InChI=1S/C13H15BrN2S/c1-9-6-7-16(8-10(9)14)13-15-11-4-2-3-5-12(11)17-13/h2-5,9-10H,6-8H2,1H3. The predicted octanol–water partition coefficient (Wildman–Crippen LogP) is 3.91. The Bertz CT molecular complexity index is 492. The molecule has 2 atom stereocenters. The van der Waals surface area contributed by atoms with E-state index in [1.54, 1.807) is 11.3 Å². The normalized spacial score (nSPS) is 25.4. The summed E-state index contributed by atoms with van der Waals surface area (Å²) < 4.78 is 1.28. The maximum Gasteiger partial charge on any atom is 0.186 e. The maximum atomic E-state index is 4.72. The van der Waals surface area contributed by atoms with Crippen LogP contribution in [0.5, 0.6) is 0 Å². The SMILES string of the molecule is CC1CCN(c2nc3ccccc3s2)CC1Br. The Hall–Kier alpha value is -0.610. The third kappa shape index (κ3) is 2.20. The Balaban J connectivity index is 1.88. The first-order valence-corrected chi connectivity index (χ1v) is 7.72. The van der Waals surface area contributed by atoms with Crippen LogP contribution in [0.2, 0.25) is 0 Å². The van der Waals surface area contributed by atoms with Crippen molar-refractivity contribution in [2.24, 2.45) is 5.92 Å². The first kappa shape index (κ1) is 11.5. The summed E-state index contributed by atoms with van der Waals surface area (Å²) in [6.07, 6.45) is 1.24. The molecule has 0 radical (unpaired) electrons. The van der Waals surface area contributed by atoms with Gasteiger partial charge in [-0.3, -0.25) is 0 Å². The van der Waals surface area contributed by atoms with Crippen LogP contribution in [0.15, 0.2) is 24.3 Å². The molecule has 0 amide bonds. The second-order valence-corrected chi connectivity index (χ2v) is 6.88. The molecule has 0 bridgehead atoms. The molecule has 2 aromatic rings. The Labute approximate surface area is 114 Å². The van der Waals surface area contributed by atoms with Crippen molar-refractivity contribution in [3.63, 3.8) is 0 Å². The van der Waals surface area contributed by atoms with Crippen molar-refractivity contribution in [2.75, 3.05) is 18.0 Å². The summed E-state index contributed by atoms with van der Waals surface area (Å²) in [6.45, 7) is 4.51. The number of benzene rings is 1. The van der Waals surface area contributed by atoms with Gasteiger partial charge in [-0.2, -0.15) is 0 Å². The zero-order valence-electron chi connectivity index (χ0n) is 9.77. The highest BCUT2D eigenvalue weighted by Gasteiger charge is 2.25. The van der Waals surface area contributed by atoms with E-state index in [9.17, 15) is 0 Å². The molecular formula is C13H15BrN2S. The van der Waals surface area contributed by atoms with Gasteiger partial charge in [0, 0.05) is 17.9 Å². The van der Waals surface area contributed by atoms with E-state index in [0.29, 0.717) is 4.83 Å². The molecule has 0 aliphatic carbocycles. The molecule has 17 heavy (non-hydrogen) atoms. The number of alkyl halides is 1. The van der Waals surface area contributed by atoms with Gasteiger partial charge < -0.3 is 4.90 Å². The minimum Gasteiger partial charge on any atom is -0.347 e. The number of hydrogen-bond donors (Lipinski definition) is 0. The van der Waals surface area contributed by atoms with E-state index in [0.717, 1.165) is 24.5 Å². The van der Waals surface area contributed by atoms with Crippen molar-refractivity contribution in [3.8, 4) is 0 Å². The fraction of sp³-hybridized carbons (Fsp3) is 0.462. The molecule has 1 aromatic carbocycles. The quantitative estimate of drug-likeness (QED) is 0.742. The second-order valence-electron chi connectivity index (χ2n) is 4.69. The Kier molecular flexibility index (Phi) is 3.09. The molecular weight excluding hydrogens is 296 g/mol. The highest BCUT2D eigenvalue weighted by Crippen LogP contribution is 2.32. The first-order valence-electron chi connectivity index (χ1n) is 5.98. The van der Waals surface area contributed by atoms with E-state index in [1.807, 2.05) is 0 Å². The van der Waals surface area contributed by atoms with Crippen molar-refractivity contribution in [2.45, 2.75) is 18.2 Å². The van der Waals surface area contributed by atoms with E-state index in [1.165, 1.54) is 16.3 Å². The number of aromatic nitrogens is 1. The van der Waals surface area contributed by atoms with Crippen molar-refractivity contribution >= 4 is 42.6 Å². The lowest BCUT2D eigenvalue weighted by Gasteiger charge is -2.33. The largest absolute Gasteiger partial charge is 0.347 e. The molecule has 4 heteroatoms. The molecule has 0 N–H and O–H groups in total. The van der Waals surface area contributed by atoms with Crippen LogP contribution in [-0.4, -0.2) is 22.9 Å². The van der Waals surface area contributed by atoms with Crippen molar-refractivity contribution in [3.05, 3.63) is 24.3 Å². The predicted molar refractivity (Wildman–Crippen MR) is 78.3 cm³/mol. The van der Waals surface area contributed by atoms with Crippen LogP contribution >= 0.6 is 27.3 Å². The van der Waals surface area contributed by atoms with E-state index in [-0.39, 0.29) is 0 Å². The van der Waals surface area contributed by atoms with Crippen LogP contribution in [0.1, 0.15) is 13.3 Å². The molecule has 2 unspecified atom stereocenters. The lowest BCUT2D eigenvalue weighted by molar-refractivity contribution is 0.456. The second kappa shape index (κ2) is 4.58. The summed E-state index contributed by atoms with van der Waals surface area (Å²) >= 11 is 5.57. The van der Waals surface area contributed by atoms with Crippen molar-refractivity contribution in [1.82, 2.24) is 4.98 Å². The van der Waals surface area contributed by atoms with Crippen LogP contribution in [0, 0.1) is 5.92 Å². The van der Waals surface area contributed by atoms with E-state index >= 15 is 0 Å². The van der Waals surface area contributed by atoms with E-state index < -0.39 is 0 Å². The molecule has 3 rings (SSSR count). The number of hydrogen-bond acceptors (Lipinski definition) is 3. The number of halogens is 1. The molecule has 1 aliphatic heterocycles. The Morgan fingerprint density at radius 2 is 2.24 bits per heavy atom. The Morgan fingerprint density at radius 1 is 1.41 bits per heavy atom. The van der Waals surface area contributed by atoms with Gasteiger partial charge in [-0.1, -0.05) is 46.3 Å². The minimum atomic E-state index is 0.586. The molecule has 1 aromatic heterocycles. The molecule has 2 nitrogen and oxygen atoms in total. The fourth-order valence-corrected chi connectivity index (χ4v) is 3.81. The first-order chi connectivity index (χ1) is 8.24. The molecule has 1 saturated heterocycles.